The van der Waals surface area contributed by atoms with Crippen molar-refractivity contribution >= 4 is 86.5 Å². The van der Waals surface area contributed by atoms with Gasteiger partial charge in [0.1, 0.15) is 0 Å². The van der Waals surface area contributed by atoms with E-state index in [4.69, 9.17) is 58.7 Å². The molecule has 0 aliphatic rings. The third kappa shape index (κ3) is 71.9. The van der Waals surface area contributed by atoms with E-state index in [0.29, 0.717) is 0 Å². The van der Waals surface area contributed by atoms with E-state index in [2.05, 4.69) is 12.9 Å². The van der Waals surface area contributed by atoms with Gasteiger partial charge in [-0.15, -0.1) is 0 Å². The first kappa shape index (κ1) is 50.4. The van der Waals surface area contributed by atoms with Crippen LogP contribution in [0.1, 0.15) is 0 Å². The van der Waals surface area contributed by atoms with Gasteiger partial charge in [0, 0.05) is 0 Å². The molecule has 0 spiro atoms. The highest BCUT2D eigenvalue weighted by Gasteiger charge is 2.29. The van der Waals surface area contributed by atoms with E-state index in [0.717, 1.165) is 0 Å². The lowest BCUT2D eigenvalue weighted by Gasteiger charge is -2.03. The van der Waals surface area contributed by atoms with E-state index < -0.39 is 46.9 Å². The molecular weight excluding hydrogens is 646 g/mol. The van der Waals surface area contributed by atoms with E-state index in [1.54, 1.807) is 0 Å². The van der Waals surface area contributed by atoms with Gasteiger partial charge >= 0.3 is 46.9 Å². The molecule has 21 nitrogen and oxygen atoms in total. The molecule has 4 atom stereocenters. The minimum absolute atomic E-state index is 0. The fraction of sp³-hybridized carbons (Fsp3) is 0. The number of phosphoric acid groups is 6. The Hall–Kier alpha value is 2.50. The molecule has 0 fully saturated rings. The van der Waals surface area contributed by atoms with E-state index in [1.165, 1.54) is 0 Å². The highest BCUT2D eigenvalue weighted by atomic mass is 31.3. The fourth-order valence-electron chi connectivity index (χ4n) is 0.416. The molecule has 31 heteroatoms. The smallest absolute Gasteiger partial charge is 0.302 e. The fourth-order valence-corrected chi connectivity index (χ4v) is 3.74. The van der Waals surface area contributed by atoms with E-state index in [9.17, 15) is 27.4 Å². The van der Waals surface area contributed by atoms with Crippen molar-refractivity contribution in [3.8, 4) is 0 Å². The van der Waals surface area contributed by atoms with Crippen molar-refractivity contribution in [2.24, 2.45) is 0 Å². The number of hydrogen-bond acceptors (Lipinski definition) is 9. The summed E-state index contributed by atoms with van der Waals surface area (Å²) >= 11 is 0. The largest absolute Gasteiger partial charge is 0.478 e. The summed E-state index contributed by atoms with van der Waals surface area (Å²) in [7, 11) is -30.3. The molecule has 0 radical (unpaired) electrons. The molecule has 0 aromatic rings. The Labute approximate surface area is 186 Å². The van der Waals surface area contributed by atoms with Crippen LogP contribution in [0.2, 0.25) is 0 Å². The molecule has 0 rings (SSSR count). The lowest BCUT2D eigenvalue weighted by Crippen LogP contribution is -1.84. The molecule has 0 heterocycles. The van der Waals surface area contributed by atoms with Crippen molar-refractivity contribution in [1.29, 1.82) is 0 Å². The summed E-state index contributed by atoms with van der Waals surface area (Å²) in [6.45, 7) is 0. The van der Waals surface area contributed by atoms with Gasteiger partial charge in [0.05, 0.1) is 0 Å². The average Bonchev–Trinajstić information content (AvgIpc) is 1.96. The molecule has 12 N–H and O–H groups in total. The van der Waals surface area contributed by atoms with E-state index in [-0.39, 0.29) is 39.6 Å². The van der Waals surface area contributed by atoms with Crippen molar-refractivity contribution in [3.63, 3.8) is 0 Å². The first-order valence-corrected chi connectivity index (χ1v) is 13.8. The predicted molar refractivity (Wildman–Crippen MR) is 120 cm³/mol. The molecule has 0 aromatic carbocycles. The molecule has 0 aromatic heterocycles. The van der Waals surface area contributed by atoms with E-state index in [1.807, 2.05) is 0 Å². The van der Waals surface area contributed by atoms with Crippen LogP contribution in [0.4, 0.5) is 0 Å². The third-order valence-corrected chi connectivity index (χ3v) is 5.74. The highest BCUT2D eigenvalue weighted by Crippen LogP contribution is 2.55. The van der Waals surface area contributed by atoms with Crippen LogP contribution < -0.4 is 0 Å². The summed E-state index contributed by atoms with van der Waals surface area (Å²) in [5.41, 5.74) is 0. The molecule has 0 amide bonds. The second kappa shape index (κ2) is 18.7. The minimum Gasteiger partial charge on any atom is -0.302 e. The van der Waals surface area contributed by atoms with Crippen LogP contribution in [0.15, 0.2) is 0 Å². The van der Waals surface area contributed by atoms with Crippen LogP contribution in [0, 0.1) is 0 Å². The summed E-state index contributed by atoms with van der Waals surface area (Å²) in [5, 5.41) is 0. The van der Waals surface area contributed by atoms with Crippen LogP contribution in [0.5, 0.6) is 0 Å². The monoisotopic (exact) mass is 670 g/mol. The first-order valence-electron chi connectivity index (χ1n) is 4.59. The predicted octanol–water partition coefficient (Wildman–Crippen LogP) is -2.20. The molecule has 4 unspecified atom stereocenters. The number of rotatable bonds is 6. The molecular formula is H24O21P10. The second-order valence-electron chi connectivity index (χ2n) is 3.19. The summed E-state index contributed by atoms with van der Waals surface area (Å²) in [5.74, 6) is 0. The van der Waals surface area contributed by atoms with Crippen LogP contribution in [-0.4, -0.2) is 58.7 Å². The van der Waals surface area contributed by atoms with Gasteiger partial charge in [-0.3, -0.25) is 0 Å². The van der Waals surface area contributed by atoms with Crippen LogP contribution in [0.3, 0.4) is 0 Å². The van der Waals surface area contributed by atoms with Crippen molar-refractivity contribution in [2.45, 2.75) is 0 Å². The maximum atomic E-state index is 9.63. The lowest BCUT2D eigenvalue weighted by atomic mass is 15.7. The molecule has 0 bridgehead atoms. The van der Waals surface area contributed by atoms with Crippen LogP contribution in [-0.2, 0) is 40.3 Å². The molecule has 31 heavy (non-hydrogen) atoms. The molecule has 200 valence electrons. The summed E-state index contributed by atoms with van der Waals surface area (Å²) in [6, 6.07) is 0. The molecule has 0 saturated carbocycles. The first-order chi connectivity index (χ1) is 11.1. The lowest BCUT2D eigenvalue weighted by molar-refractivity contribution is 0.221. The standard InChI is InChI=1S/3H4O7P2.4H3P/c3*1-8(2,3)7-9(4,5)6;;;;/h3*(H2,1,2,3)(H2,4,5,6);4*1H3. The van der Waals surface area contributed by atoms with Crippen LogP contribution >= 0.6 is 86.5 Å². The zero-order valence-electron chi connectivity index (χ0n) is 14.6. The summed E-state index contributed by atoms with van der Waals surface area (Å²) in [6.07, 6.45) is 0. The van der Waals surface area contributed by atoms with Gasteiger partial charge in [0.2, 0.25) is 0 Å². The normalized spacial score (nSPS) is 12.0. The third-order valence-electron chi connectivity index (χ3n) is 0.638. The van der Waals surface area contributed by atoms with Gasteiger partial charge in [0.25, 0.3) is 0 Å². The summed E-state index contributed by atoms with van der Waals surface area (Å²) in [4.78, 5) is 93.0. The van der Waals surface area contributed by atoms with Crippen LogP contribution in [0.25, 0.3) is 0 Å². The van der Waals surface area contributed by atoms with Gasteiger partial charge in [-0.05, 0) is 0 Å². The average molecular weight is 670 g/mol. The Kier molecular flexibility index (Phi) is 30.4. The molecule has 0 aliphatic carbocycles. The minimum atomic E-state index is -5.05. The highest BCUT2D eigenvalue weighted by molar-refractivity contribution is 7.61. The van der Waals surface area contributed by atoms with Crippen molar-refractivity contribution in [3.05, 3.63) is 0 Å². The Morgan fingerprint density at radius 3 is 0.355 bits per heavy atom. The second-order valence-corrected chi connectivity index (χ2v) is 11.0. The van der Waals surface area contributed by atoms with Gasteiger partial charge in [-0.1, -0.05) is 0 Å². The van der Waals surface area contributed by atoms with Gasteiger partial charge in [-0.2, -0.15) is 52.5 Å². The Morgan fingerprint density at radius 2 is 0.355 bits per heavy atom. The Morgan fingerprint density at radius 1 is 0.290 bits per heavy atom. The SMILES string of the molecule is O=P(O)(O)OP(=O)(O)O.O=P(O)(O)OP(=O)(O)O.O=P(O)(O)OP(=O)(O)O.P.P.P.P. The zero-order chi connectivity index (χ0) is 23.1. The summed E-state index contributed by atoms with van der Waals surface area (Å²) < 4.78 is 66.6. The van der Waals surface area contributed by atoms with Gasteiger partial charge in [0.15, 0.2) is 0 Å². The Bertz CT molecular complexity index is 549. The maximum Gasteiger partial charge on any atom is 0.478 e. The topological polar surface area (TPSA) is 373 Å². The van der Waals surface area contributed by atoms with E-state index >= 15 is 0 Å². The van der Waals surface area contributed by atoms with Crippen molar-refractivity contribution in [1.82, 2.24) is 0 Å². The van der Waals surface area contributed by atoms with Crippen molar-refractivity contribution < 1.29 is 99.0 Å². The van der Waals surface area contributed by atoms with Gasteiger partial charge in [-0.25, -0.2) is 27.4 Å². The maximum absolute atomic E-state index is 9.63. The Balaban J connectivity index is -0.0000000524. The molecule has 0 aliphatic heterocycles. The van der Waals surface area contributed by atoms with Gasteiger partial charge < -0.3 is 58.7 Å². The quantitative estimate of drug-likeness (QED) is 0.133. The van der Waals surface area contributed by atoms with Crippen molar-refractivity contribution in [2.75, 3.05) is 0 Å². The molecule has 0 saturated heterocycles. The zero-order valence-corrected chi connectivity index (χ0v) is 25.6. The number of hydrogen-bond donors (Lipinski definition) is 12.